The van der Waals surface area contributed by atoms with Crippen LogP contribution in [0.3, 0.4) is 0 Å². The van der Waals surface area contributed by atoms with Crippen molar-refractivity contribution < 1.29 is 14.3 Å². The van der Waals surface area contributed by atoms with Gasteiger partial charge in [0.15, 0.2) is 0 Å². The fourth-order valence-corrected chi connectivity index (χ4v) is 6.95. The molecule has 4 aromatic rings. The van der Waals surface area contributed by atoms with Crippen molar-refractivity contribution in [1.29, 1.82) is 0 Å². The number of anilines is 1. The molecule has 2 aromatic heterocycles. The standard InChI is InChI=1S/C30H31N3O3S/c1-3-36-22-15-13-21(14-16-22)31-30(34)33-19-25-24-10-4-5-12-27(24)37-29(25)32-17-7-11-26(32)28(33)20-8-6-9-23(18-20)35-2/h6-9,11,13-18,28H,3-5,10,12,19H2,1-2H3,(H,31,34)/t28-/m1/s1. The second-order valence-electron chi connectivity index (χ2n) is 9.49. The van der Waals surface area contributed by atoms with E-state index >= 15 is 0 Å². The van der Waals surface area contributed by atoms with E-state index in [4.69, 9.17) is 9.47 Å². The molecular weight excluding hydrogens is 482 g/mol. The molecule has 190 valence electrons. The van der Waals surface area contributed by atoms with Gasteiger partial charge >= 0.3 is 6.03 Å². The molecule has 1 N–H and O–H groups in total. The highest BCUT2D eigenvalue weighted by atomic mass is 32.1. The van der Waals surface area contributed by atoms with Gasteiger partial charge in [-0.3, -0.25) is 0 Å². The molecular formula is C30H31N3O3S. The summed E-state index contributed by atoms with van der Waals surface area (Å²) in [7, 11) is 1.68. The predicted octanol–water partition coefficient (Wildman–Crippen LogP) is 6.96. The average molecular weight is 514 g/mol. The Labute approximate surface area is 221 Å². The van der Waals surface area contributed by atoms with Gasteiger partial charge in [0.1, 0.15) is 16.5 Å². The minimum atomic E-state index is -0.272. The van der Waals surface area contributed by atoms with Gasteiger partial charge in [-0.1, -0.05) is 12.1 Å². The maximum Gasteiger partial charge on any atom is 0.322 e. The molecule has 0 saturated heterocycles. The zero-order chi connectivity index (χ0) is 25.4. The van der Waals surface area contributed by atoms with Crippen LogP contribution in [0.15, 0.2) is 66.9 Å². The van der Waals surface area contributed by atoms with E-state index in [0.717, 1.165) is 41.3 Å². The van der Waals surface area contributed by atoms with Crippen LogP contribution in [-0.4, -0.2) is 29.2 Å². The van der Waals surface area contributed by atoms with Crippen LogP contribution in [0.2, 0.25) is 0 Å². The minimum Gasteiger partial charge on any atom is -0.497 e. The first kappa shape index (κ1) is 23.7. The number of hydrogen-bond donors (Lipinski definition) is 1. The van der Waals surface area contributed by atoms with Crippen molar-refractivity contribution in [3.05, 3.63) is 94.1 Å². The van der Waals surface area contributed by atoms with Crippen LogP contribution in [0.4, 0.5) is 10.5 Å². The second kappa shape index (κ2) is 9.98. The van der Waals surface area contributed by atoms with E-state index in [0.29, 0.717) is 13.2 Å². The van der Waals surface area contributed by atoms with Gasteiger partial charge in [0.25, 0.3) is 0 Å². The number of amides is 2. The zero-order valence-electron chi connectivity index (χ0n) is 21.2. The molecule has 0 spiro atoms. The van der Waals surface area contributed by atoms with Crippen molar-refractivity contribution in [2.24, 2.45) is 0 Å². The molecule has 0 unspecified atom stereocenters. The third-order valence-electron chi connectivity index (χ3n) is 7.27. The highest BCUT2D eigenvalue weighted by Crippen LogP contribution is 2.44. The lowest BCUT2D eigenvalue weighted by Crippen LogP contribution is -2.38. The lowest BCUT2D eigenvalue weighted by molar-refractivity contribution is 0.194. The Kier molecular flexibility index (Phi) is 6.38. The number of carbonyl (C=O) groups is 1. The van der Waals surface area contributed by atoms with Gasteiger partial charge < -0.3 is 24.3 Å². The number of aryl methyl sites for hydroxylation is 1. The van der Waals surface area contributed by atoms with Crippen LogP contribution < -0.4 is 14.8 Å². The maximum absolute atomic E-state index is 14.0. The topological polar surface area (TPSA) is 55.7 Å². The van der Waals surface area contributed by atoms with Crippen LogP contribution >= 0.6 is 11.3 Å². The Morgan fingerprint density at radius 3 is 2.68 bits per heavy atom. The summed E-state index contributed by atoms with van der Waals surface area (Å²) in [5, 5.41) is 4.40. The number of aromatic nitrogens is 1. The van der Waals surface area contributed by atoms with Crippen LogP contribution in [0.1, 0.15) is 53.1 Å². The number of benzene rings is 2. The van der Waals surface area contributed by atoms with Crippen molar-refractivity contribution in [3.63, 3.8) is 0 Å². The summed E-state index contributed by atoms with van der Waals surface area (Å²) in [6, 6.07) is 19.4. The number of carbonyl (C=O) groups excluding carboxylic acids is 1. The van der Waals surface area contributed by atoms with Crippen molar-refractivity contribution in [1.82, 2.24) is 9.47 Å². The summed E-state index contributed by atoms with van der Waals surface area (Å²) in [4.78, 5) is 17.5. The normalized spacial score (nSPS) is 16.3. The number of nitrogens with zero attached hydrogens (tertiary/aromatic N) is 2. The van der Waals surface area contributed by atoms with E-state index in [1.807, 2.05) is 65.6 Å². The van der Waals surface area contributed by atoms with Gasteiger partial charge in [0.05, 0.1) is 32.0 Å². The summed E-state index contributed by atoms with van der Waals surface area (Å²) >= 11 is 1.89. The van der Waals surface area contributed by atoms with E-state index in [1.165, 1.54) is 33.8 Å². The molecule has 0 bridgehead atoms. The van der Waals surface area contributed by atoms with E-state index in [9.17, 15) is 4.79 Å². The summed E-state index contributed by atoms with van der Waals surface area (Å²) < 4.78 is 13.4. The third kappa shape index (κ3) is 4.37. The minimum absolute atomic E-state index is 0.131. The Morgan fingerprint density at radius 1 is 1.03 bits per heavy atom. The molecule has 2 aromatic carbocycles. The van der Waals surface area contributed by atoms with Gasteiger partial charge in [-0.2, -0.15) is 0 Å². The summed E-state index contributed by atoms with van der Waals surface area (Å²) in [6.45, 7) is 3.11. The lowest BCUT2D eigenvalue weighted by Gasteiger charge is -2.31. The van der Waals surface area contributed by atoms with Crippen LogP contribution in [-0.2, 0) is 19.4 Å². The Hall–Kier alpha value is -3.71. The van der Waals surface area contributed by atoms with Gasteiger partial charge in [-0.25, -0.2) is 4.79 Å². The largest absolute Gasteiger partial charge is 0.497 e. The predicted molar refractivity (Wildman–Crippen MR) is 147 cm³/mol. The molecule has 0 saturated carbocycles. The molecule has 37 heavy (non-hydrogen) atoms. The fourth-order valence-electron chi connectivity index (χ4n) is 5.55. The Balaban J connectivity index is 1.45. The van der Waals surface area contributed by atoms with E-state index in [2.05, 4.69) is 34.3 Å². The quantitative estimate of drug-likeness (QED) is 0.314. The molecule has 1 atom stereocenters. The van der Waals surface area contributed by atoms with E-state index in [1.54, 1.807) is 7.11 Å². The zero-order valence-corrected chi connectivity index (χ0v) is 22.0. The SMILES string of the molecule is CCOc1ccc(NC(=O)N2Cc3c(sc4c3CCCC4)-n3cccc3[C@H]2c2cccc(OC)c2)cc1. The number of fused-ring (bicyclic) bond motifs is 5. The van der Waals surface area contributed by atoms with Gasteiger partial charge in [0, 0.05) is 22.3 Å². The fraction of sp³-hybridized carbons (Fsp3) is 0.300. The highest BCUT2D eigenvalue weighted by molar-refractivity contribution is 7.15. The number of rotatable bonds is 5. The molecule has 2 aliphatic rings. The van der Waals surface area contributed by atoms with Crippen LogP contribution in [0.25, 0.3) is 5.00 Å². The Bertz CT molecular complexity index is 1420. The number of urea groups is 1. The number of nitrogens with one attached hydrogen (secondary N) is 1. The summed E-state index contributed by atoms with van der Waals surface area (Å²) in [6.07, 6.45) is 6.78. The van der Waals surface area contributed by atoms with Gasteiger partial charge in [-0.15, -0.1) is 11.3 Å². The summed E-state index contributed by atoms with van der Waals surface area (Å²) in [5.74, 6) is 1.57. The molecule has 7 heteroatoms. The molecule has 1 aliphatic carbocycles. The molecule has 6 nitrogen and oxygen atoms in total. The monoisotopic (exact) mass is 513 g/mol. The second-order valence-corrected chi connectivity index (χ2v) is 10.6. The van der Waals surface area contributed by atoms with Crippen LogP contribution in [0.5, 0.6) is 11.5 Å². The number of ether oxygens (including phenoxy) is 2. The van der Waals surface area contributed by atoms with Crippen molar-refractivity contribution >= 4 is 23.1 Å². The molecule has 0 radical (unpaired) electrons. The van der Waals surface area contributed by atoms with E-state index < -0.39 is 0 Å². The first-order chi connectivity index (χ1) is 18.2. The number of thiophene rings is 1. The maximum atomic E-state index is 14.0. The molecule has 1 aliphatic heterocycles. The highest BCUT2D eigenvalue weighted by Gasteiger charge is 2.36. The Morgan fingerprint density at radius 2 is 1.86 bits per heavy atom. The molecule has 0 fully saturated rings. The molecule has 2 amide bonds. The van der Waals surface area contributed by atoms with Gasteiger partial charge in [0.2, 0.25) is 0 Å². The van der Waals surface area contributed by atoms with Crippen LogP contribution in [0, 0.1) is 0 Å². The first-order valence-corrected chi connectivity index (χ1v) is 13.7. The summed E-state index contributed by atoms with van der Waals surface area (Å²) in [5.41, 5.74) is 5.56. The lowest BCUT2D eigenvalue weighted by atomic mass is 9.95. The molecule has 3 heterocycles. The first-order valence-electron chi connectivity index (χ1n) is 12.9. The van der Waals surface area contributed by atoms with Crippen molar-refractivity contribution in [3.8, 4) is 16.5 Å². The molecule has 6 rings (SSSR count). The smallest absolute Gasteiger partial charge is 0.322 e. The van der Waals surface area contributed by atoms with Gasteiger partial charge in [-0.05, 0) is 92.3 Å². The van der Waals surface area contributed by atoms with Crippen molar-refractivity contribution in [2.75, 3.05) is 19.0 Å². The number of hydrogen-bond acceptors (Lipinski definition) is 4. The van der Waals surface area contributed by atoms with Crippen molar-refractivity contribution in [2.45, 2.75) is 45.2 Å². The third-order valence-corrected chi connectivity index (χ3v) is 8.60. The van der Waals surface area contributed by atoms with E-state index in [-0.39, 0.29) is 12.1 Å². The average Bonchev–Trinajstić information content (AvgIpc) is 3.52. The number of methoxy groups -OCH3 is 1.